The van der Waals surface area contributed by atoms with E-state index in [1.54, 1.807) is 6.20 Å². The van der Waals surface area contributed by atoms with Crippen LogP contribution in [0.15, 0.2) is 30.5 Å². The van der Waals surface area contributed by atoms with Crippen molar-refractivity contribution >= 4 is 17.2 Å². The first-order valence-electron chi connectivity index (χ1n) is 8.35. The van der Waals surface area contributed by atoms with Crippen LogP contribution in [0.4, 0.5) is 0 Å². The van der Waals surface area contributed by atoms with Gasteiger partial charge in [0.25, 0.3) is 5.91 Å². The number of carbonyl (C=O) groups is 1. The summed E-state index contributed by atoms with van der Waals surface area (Å²) in [5.41, 5.74) is 2.73. The van der Waals surface area contributed by atoms with Gasteiger partial charge in [-0.3, -0.25) is 9.69 Å². The minimum atomic E-state index is -0.572. The molecule has 2 N–H and O–H groups in total. The lowest BCUT2D eigenvalue weighted by atomic mass is 10.00. The molecular weight excluding hydrogens is 322 g/mol. The Morgan fingerprint density at radius 2 is 2.21 bits per heavy atom. The lowest BCUT2D eigenvalue weighted by Gasteiger charge is -2.30. The van der Waals surface area contributed by atoms with Crippen LogP contribution in [0.3, 0.4) is 0 Å². The van der Waals surface area contributed by atoms with Crippen molar-refractivity contribution in [2.75, 3.05) is 19.6 Å². The Morgan fingerprint density at radius 3 is 2.96 bits per heavy atom. The third-order valence-electron chi connectivity index (χ3n) is 4.26. The largest absolute Gasteiger partial charge is 0.390 e. The van der Waals surface area contributed by atoms with E-state index in [0.717, 1.165) is 30.9 Å². The van der Waals surface area contributed by atoms with Crippen molar-refractivity contribution in [3.63, 3.8) is 0 Å². The molecule has 5 nitrogen and oxygen atoms in total. The number of rotatable bonds is 6. The second-order valence-corrected chi connectivity index (χ2v) is 7.20. The molecule has 0 saturated heterocycles. The van der Waals surface area contributed by atoms with Crippen molar-refractivity contribution < 1.29 is 9.90 Å². The number of aliphatic hydroxyl groups excluding tert-OH is 1. The highest BCUT2D eigenvalue weighted by molar-refractivity contribution is 7.13. The van der Waals surface area contributed by atoms with Crippen LogP contribution >= 0.6 is 11.3 Å². The first kappa shape index (κ1) is 17.1. The van der Waals surface area contributed by atoms with Gasteiger partial charge in [0, 0.05) is 26.2 Å². The normalized spacial score (nSPS) is 15.8. The quantitative estimate of drug-likeness (QED) is 0.839. The fourth-order valence-corrected chi connectivity index (χ4v) is 3.72. The van der Waals surface area contributed by atoms with Gasteiger partial charge < -0.3 is 10.4 Å². The second kappa shape index (κ2) is 7.88. The minimum Gasteiger partial charge on any atom is -0.390 e. The van der Waals surface area contributed by atoms with Crippen LogP contribution in [0.5, 0.6) is 0 Å². The Labute approximate surface area is 146 Å². The number of carbonyl (C=O) groups excluding carboxylic acids is 1. The number of aryl methyl sites for hydroxylation is 1. The van der Waals surface area contributed by atoms with Gasteiger partial charge in [0.2, 0.25) is 0 Å². The average molecular weight is 345 g/mol. The highest BCUT2D eigenvalue weighted by Crippen LogP contribution is 2.18. The number of amides is 1. The van der Waals surface area contributed by atoms with E-state index < -0.39 is 6.10 Å². The van der Waals surface area contributed by atoms with Gasteiger partial charge in [-0.1, -0.05) is 31.2 Å². The third kappa shape index (κ3) is 4.20. The van der Waals surface area contributed by atoms with Gasteiger partial charge in [-0.25, -0.2) is 4.98 Å². The van der Waals surface area contributed by atoms with Gasteiger partial charge in [-0.15, -0.1) is 11.3 Å². The fourth-order valence-electron chi connectivity index (χ4n) is 2.95. The van der Waals surface area contributed by atoms with E-state index in [-0.39, 0.29) is 12.5 Å². The van der Waals surface area contributed by atoms with Crippen LogP contribution in [0.25, 0.3) is 0 Å². The summed E-state index contributed by atoms with van der Waals surface area (Å²) in [4.78, 5) is 19.1. The summed E-state index contributed by atoms with van der Waals surface area (Å²) >= 11 is 1.41. The summed E-state index contributed by atoms with van der Waals surface area (Å²) in [7, 11) is 0. The predicted molar refractivity (Wildman–Crippen MR) is 95.3 cm³/mol. The number of fused-ring (bicyclic) bond motifs is 1. The fraction of sp³-hybridized carbons (Fsp3) is 0.444. The monoisotopic (exact) mass is 345 g/mol. The highest BCUT2D eigenvalue weighted by atomic mass is 32.1. The smallest absolute Gasteiger partial charge is 0.263 e. The maximum Gasteiger partial charge on any atom is 0.263 e. The van der Waals surface area contributed by atoms with E-state index in [2.05, 4.69) is 39.5 Å². The molecule has 24 heavy (non-hydrogen) atoms. The number of aliphatic hydroxyl groups is 1. The number of aromatic nitrogens is 1. The lowest BCUT2D eigenvalue weighted by Crippen LogP contribution is -2.41. The molecule has 1 atom stereocenters. The standard InChI is InChI=1S/C18H23N3O2S/c1-2-17-19-10-16(24-17)18(23)20-9-15(22)12-21-8-7-13-5-3-4-6-14(13)11-21/h3-6,10,15,22H,2,7-9,11-12H2,1H3,(H,20,23). The molecule has 2 aromatic rings. The van der Waals surface area contributed by atoms with Crippen molar-refractivity contribution in [2.45, 2.75) is 32.4 Å². The molecule has 1 aliphatic heterocycles. The maximum atomic E-state index is 12.1. The zero-order valence-corrected chi connectivity index (χ0v) is 14.7. The van der Waals surface area contributed by atoms with Gasteiger partial charge in [0.1, 0.15) is 4.88 Å². The number of β-amino-alcohol motifs (C(OH)–C–C–N with tert-alkyl or cyclic N) is 1. The Morgan fingerprint density at radius 1 is 1.42 bits per heavy atom. The van der Waals surface area contributed by atoms with Gasteiger partial charge >= 0.3 is 0 Å². The molecule has 128 valence electrons. The van der Waals surface area contributed by atoms with Crippen LogP contribution in [-0.2, 0) is 19.4 Å². The molecule has 1 aliphatic rings. The van der Waals surface area contributed by atoms with Crippen molar-refractivity contribution in [2.24, 2.45) is 0 Å². The number of nitrogens with one attached hydrogen (secondary N) is 1. The van der Waals surface area contributed by atoms with Crippen molar-refractivity contribution in [1.29, 1.82) is 0 Å². The topological polar surface area (TPSA) is 65.5 Å². The number of hydrogen-bond acceptors (Lipinski definition) is 5. The van der Waals surface area contributed by atoms with E-state index >= 15 is 0 Å². The number of nitrogens with zero attached hydrogens (tertiary/aromatic N) is 2. The summed E-state index contributed by atoms with van der Waals surface area (Å²) in [6.45, 7) is 4.64. The molecule has 1 unspecified atom stereocenters. The van der Waals surface area contributed by atoms with E-state index in [9.17, 15) is 9.90 Å². The van der Waals surface area contributed by atoms with E-state index in [1.165, 1.54) is 22.5 Å². The number of hydrogen-bond donors (Lipinski definition) is 2. The van der Waals surface area contributed by atoms with E-state index in [4.69, 9.17) is 0 Å². The van der Waals surface area contributed by atoms with Gasteiger partial charge in [-0.05, 0) is 24.0 Å². The zero-order valence-electron chi connectivity index (χ0n) is 13.9. The first-order valence-corrected chi connectivity index (χ1v) is 9.17. The minimum absolute atomic E-state index is 0.157. The summed E-state index contributed by atoms with van der Waals surface area (Å²) < 4.78 is 0. The van der Waals surface area contributed by atoms with Gasteiger partial charge in [-0.2, -0.15) is 0 Å². The second-order valence-electron chi connectivity index (χ2n) is 6.09. The number of thiazole rings is 1. The molecule has 6 heteroatoms. The van der Waals surface area contributed by atoms with Crippen LogP contribution in [0, 0.1) is 0 Å². The van der Waals surface area contributed by atoms with Crippen LogP contribution < -0.4 is 5.32 Å². The molecule has 0 spiro atoms. The molecule has 0 bridgehead atoms. The lowest BCUT2D eigenvalue weighted by molar-refractivity contribution is 0.0845. The molecule has 0 radical (unpaired) electrons. The average Bonchev–Trinajstić information content (AvgIpc) is 3.09. The Kier molecular flexibility index (Phi) is 5.60. The molecule has 1 aromatic heterocycles. The zero-order chi connectivity index (χ0) is 16.9. The van der Waals surface area contributed by atoms with Gasteiger partial charge in [0.15, 0.2) is 0 Å². The molecule has 0 aliphatic carbocycles. The maximum absolute atomic E-state index is 12.1. The molecule has 0 fully saturated rings. The molecule has 2 heterocycles. The van der Waals surface area contributed by atoms with Gasteiger partial charge in [0.05, 0.1) is 17.3 Å². The molecule has 1 amide bonds. The van der Waals surface area contributed by atoms with E-state index in [1.807, 2.05) is 6.92 Å². The predicted octanol–water partition coefficient (Wildman–Crippen LogP) is 1.85. The Bertz CT molecular complexity index is 701. The van der Waals surface area contributed by atoms with Crippen LogP contribution in [0.1, 0.15) is 32.7 Å². The van der Waals surface area contributed by atoms with E-state index in [0.29, 0.717) is 11.4 Å². The first-order chi connectivity index (χ1) is 11.7. The Hall–Kier alpha value is -1.76. The highest BCUT2D eigenvalue weighted by Gasteiger charge is 2.19. The van der Waals surface area contributed by atoms with Crippen molar-refractivity contribution in [1.82, 2.24) is 15.2 Å². The third-order valence-corrected chi connectivity index (χ3v) is 5.40. The SMILES string of the molecule is CCc1ncc(C(=O)NCC(O)CN2CCc3ccccc3C2)s1. The summed E-state index contributed by atoms with van der Waals surface area (Å²) in [6, 6.07) is 8.44. The van der Waals surface area contributed by atoms with Crippen molar-refractivity contribution in [3.8, 4) is 0 Å². The van der Waals surface area contributed by atoms with Crippen LogP contribution in [-0.4, -0.2) is 46.6 Å². The van der Waals surface area contributed by atoms with Crippen LogP contribution in [0.2, 0.25) is 0 Å². The summed E-state index contributed by atoms with van der Waals surface area (Å²) in [6.07, 6.45) is 2.87. The summed E-state index contributed by atoms with van der Waals surface area (Å²) in [5.74, 6) is -0.157. The summed E-state index contributed by atoms with van der Waals surface area (Å²) in [5, 5.41) is 14.0. The molecular formula is C18H23N3O2S. The molecule has 0 saturated carbocycles. The molecule has 1 aromatic carbocycles. The van der Waals surface area contributed by atoms with Crippen molar-refractivity contribution in [3.05, 3.63) is 51.5 Å². The molecule has 3 rings (SSSR count). The number of benzene rings is 1. The Balaban J connectivity index is 1.46.